The van der Waals surface area contributed by atoms with Crippen LogP contribution < -0.4 is 10.1 Å². The molecule has 0 bridgehead atoms. The third-order valence-corrected chi connectivity index (χ3v) is 5.10. The molecular weight excluding hydrogens is 415 g/mol. The second-order valence-electron chi connectivity index (χ2n) is 6.46. The zero-order chi connectivity index (χ0) is 21.1. The maximum atomic E-state index is 13.1. The third-order valence-electron chi connectivity index (χ3n) is 4.36. The van der Waals surface area contributed by atoms with Crippen molar-refractivity contribution in [2.75, 3.05) is 11.9 Å². The second kappa shape index (κ2) is 8.23. The van der Waals surface area contributed by atoms with E-state index in [0.717, 1.165) is 27.5 Å². The Hall–Kier alpha value is -3.27. The third kappa shape index (κ3) is 4.33. The zero-order valence-electron chi connectivity index (χ0n) is 15.8. The van der Waals surface area contributed by atoms with E-state index in [4.69, 9.17) is 4.74 Å². The van der Waals surface area contributed by atoms with Crippen LogP contribution in [0.4, 0.5) is 19.0 Å². The van der Waals surface area contributed by atoms with Crippen molar-refractivity contribution in [1.82, 2.24) is 19.9 Å². The molecule has 0 aliphatic heterocycles. The van der Waals surface area contributed by atoms with Crippen molar-refractivity contribution in [2.24, 2.45) is 0 Å². The summed E-state index contributed by atoms with van der Waals surface area (Å²) >= 11 is 1.45. The highest BCUT2D eigenvalue weighted by Gasteiger charge is 2.35. The van der Waals surface area contributed by atoms with Crippen molar-refractivity contribution < 1.29 is 17.9 Å². The maximum Gasteiger partial charge on any atom is 0.421 e. The van der Waals surface area contributed by atoms with Crippen LogP contribution in [-0.2, 0) is 12.6 Å². The fourth-order valence-electron chi connectivity index (χ4n) is 2.92. The monoisotopic (exact) mass is 431 g/mol. The van der Waals surface area contributed by atoms with Gasteiger partial charge in [0.2, 0.25) is 5.88 Å². The van der Waals surface area contributed by atoms with E-state index in [1.165, 1.54) is 29.9 Å². The van der Waals surface area contributed by atoms with Crippen molar-refractivity contribution in [2.45, 2.75) is 19.5 Å². The van der Waals surface area contributed by atoms with Crippen LogP contribution >= 0.6 is 11.3 Å². The van der Waals surface area contributed by atoms with E-state index in [-0.39, 0.29) is 0 Å². The van der Waals surface area contributed by atoms with Gasteiger partial charge in [-0.15, -0.1) is 11.3 Å². The van der Waals surface area contributed by atoms with Gasteiger partial charge >= 0.3 is 6.18 Å². The van der Waals surface area contributed by atoms with Crippen LogP contribution in [0.3, 0.4) is 0 Å². The van der Waals surface area contributed by atoms with Gasteiger partial charge < -0.3 is 10.1 Å². The van der Waals surface area contributed by atoms with Crippen molar-refractivity contribution in [3.05, 3.63) is 65.1 Å². The first-order valence-corrected chi connectivity index (χ1v) is 9.87. The fraction of sp³-hybridized carbons (Fsp3) is 0.200. The van der Waals surface area contributed by atoms with Crippen LogP contribution in [-0.4, -0.2) is 26.5 Å². The number of pyridine rings is 1. The first-order chi connectivity index (χ1) is 14.4. The Kier molecular flexibility index (Phi) is 5.49. The molecule has 1 aromatic carbocycles. The SMILES string of the molecule is Cc1cc(CCNc2ncnc3scnc23)ccc1Oc1ncccc1C(F)(F)F. The summed E-state index contributed by atoms with van der Waals surface area (Å²) in [5.41, 5.74) is 3.27. The first-order valence-electron chi connectivity index (χ1n) is 8.99. The number of aryl methyl sites for hydroxylation is 1. The number of hydrogen-bond donors (Lipinski definition) is 1. The number of benzene rings is 1. The number of aromatic nitrogens is 4. The van der Waals surface area contributed by atoms with E-state index in [9.17, 15) is 13.2 Å². The molecule has 1 N–H and O–H groups in total. The summed E-state index contributed by atoms with van der Waals surface area (Å²) in [6.07, 6.45) is -1.08. The van der Waals surface area contributed by atoms with E-state index in [1.807, 2.05) is 12.1 Å². The summed E-state index contributed by atoms with van der Waals surface area (Å²) in [5, 5.41) is 3.25. The highest BCUT2D eigenvalue weighted by atomic mass is 32.1. The minimum Gasteiger partial charge on any atom is -0.438 e. The topological polar surface area (TPSA) is 72.8 Å². The van der Waals surface area contributed by atoms with Gasteiger partial charge in [0, 0.05) is 12.7 Å². The first kappa shape index (κ1) is 20.0. The second-order valence-corrected chi connectivity index (χ2v) is 7.29. The number of anilines is 1. The molecule has 3 aromatic heterocycles. The molecule has 30 heavy (non-hydrogen) atoms. The smallest absolute Gasteiger partial charge is 0.421 e. The number of nitrogens with zero attached hydrogens (tertiary/aromatic N) is 4. The summed E-state index contributed by atoms with van der Waals surface area (Å²) in [5.74, 6) is 0.544. The Morgan fingerprint density at radius 2 is 1.97 bits per heavy atom. The minimum atomic E-state index is -4.53. The lowest BCUT2D eigenvalue weighted by atomic mass is 10.1. The molecule has 0 aliphatic carbocycles. The van der Waals surface area contributed by atoms with Gasteiger partial charge in [-0.1, -0.05) is 12.1 Å². The average molecular weight is 431 g/mol. The van der Waals surface area contributed by atoms with Crippen LogP contribution in [0.1, 0.15) is 16.7 Å². The van der Waals surface area contributed by atoms with Crippen molar-refractivity contribution in [3.8, 4) is 11.6 Å². The van der Waals surface area contributed by atoms with Crippen LogP contribution in [0, 0.1) is 6.92 Å². The number of halogens is 3. The molecule has 4 aromatic rings. The van der Waals surface area contributed by atoms with Gasteiger partial charge in [-0.25, -0.2) is 19.9 Å². The number of ether oxygens (including phenoxy) is 1. The highest BCUT2D eigenvalue weighted by Crippen LogP contribution is 2.37. The van der Waals surface area contributed by atoms with Gasteiger partial charge in [0.15, 0.2) is 5.82 Å². The molecule has 0 atom stereocenters. The Balaban J connectivity index is 1.43. The Bertz CT molecular complexity index is 1180. The normalized spacial score (nSPS) is 11.6. The van der Waals surface area contributed by atoms with E-state index in [0.29, 0.717) is 24.5 Å². The standard InChI is InChI=1S/C20H16F3N5OS/c1-12-9-13(6-8-24-17-16-19(27-10-26-17)30-11-28-16)4-5-15(12)29-18-14(20(21,22)23)3-2-7-25-18/h2-5,7,9-11H,6,8H2,1H3,(H,24,26,27). The number of thiazole rings is 1. The molecule has 154 valence electrons. The summed E-state index contributed by atoms with van der Waals surface area (Å²) in [6.45, 7) is 2.40. The molecule has 3 heterocycles. The molecule has 0 amide bonds. The Labute approximate surface area is 173 Å². The van der Waals surface area contributed by atoms with Crippen LogP contribution in [0.5, 0.6) is 11.6 Å². The fourth-order valence-corrected chi connectivity index (χ4v) is 3.55. The summed E-state index contributed by atoms with van der Waals surface area (Å²) in [7, 11) is 0. The van der Waals surface area contributed by atoms with Gasteiger partial charge in [0.1, 0.15) is 28.0 Å². The summed E-state index contributed by atoms with van der Waals surface area (Å²) in [4.78, 5) is 17.2. The summed E-state index contributed by atoms with van der Waals surface area (Å²) < 4.78 is 44.9. The molecular formula is C20H16F3N5OS. The lowest BCUT2D eigenvalue weighted by molar-refractivity contribution is -0.138. The van der Waals surface area contributed by atoms with Crippen molar-refractivity contribution >= 4 is 27.5 Å². The molecule has 4 rings (SSSR count). The van der Waals surface area contributed by atoms with Crippen LogP contribution in [0.25, 0.3) is 10.3 Å². The van der Waals surface area contributed by atoms with Gasteiger partial charge in [0.05, 0.1) is 5.51 Å². The molecule has 0 fully saturated rings. The van der Waals surface area contributed by atoms with E-state index in [2.05, 4.69) is 25.3 Å². The minimum absolute atomic E-state index is 0.330. The maximum absolute atomic E-state index is 13.1. The molecule has 0 aliphatic rings. The van der Waals surface area contributed by atoms with E-state index >= 15 is 0 Å². The lowest BCUT2D eigenvalue weighted by Gasteiger charge is -2.14. The van der Waals surface area contributed by atoms with Gasteiger partial charge in [-0.3, -0.25) is 0 Å². The van der Waals surface area contributed by atoms with Crippen LogP contribution in [0.15, 0.2) is 48.4 Å². The molecule has 10 heteroatoms. The van der Waals surface area contributed by atoms with E-state index in [1.54, 1.807) is 18.5 Å². The zero-order valence-corrected chi connectivity index (χ0v) is 16.6. The Morgan fingerprint density at radius 3 is 2.77 bits per heavy atom. The van der Waals surface area contributed by atoms with Gasteiger partial charge in [0.25, 0.3) is 0 Å². The number of hydrogen-bond acceptors (Lipinski definition) is 7. The molecule has 6 nitrogen and oxygen atoms in total. The predicted molar refractivity (Wildman–Crippen MR) is 108 cm³/mol. The number of rotatable bonds is 6. The van der Waals surface area contributed by atoms with Crippen molar-refractivity contribution in [1.29, 1.82) is 0 Å². The van der Waals surface area contributed by atoms with Gasteiger partial charge in [-0.2, -0.15) is 13.2 Å². The molecule has 0 radical (unpaired) electrons. The van der Waals surface area contributed by atoms with Crippen LogP contribution in [0.2, 0.25) is 0 Å². The number of alkyl halides is 3. The average Bonchev–Trinajstić information content (AvgIpc) is 3.19. The highest BCUT2D eigenvalue weighted by molar-refractivity contribution is 7.16. The predicted octanol–water partition coefficient (Wildman–Crippen LogP) is 5.26. The van der Waals surface area contributed by atoms with Gasteiger partial charge in [-0.05, 0) is 42.7 Å². The molecule has 0 saturated heterocycles. The number of fused-ring (bicyclic) bond motifs is 1. The largest absolute Gasteiger partial charge is 0.438 e. The Morgan fingerprint density at radius 1 is 1.10 bits per heavy atom. The summed E-state index contributed by atoms with van der Waals surface area (Å²) in [6, 6.07) is 7.53. The van der Waals surface area contributed by atoms with E-state index < -0.39 is 17.6 Å². The van der Waals surface area contributed by atoms with Crippen molar-refractivity contribution in [3.63, 3.8) is 0 Å². The number of nitrogens with one attached hydrogen (secondary N) is 1. The lowest BCUT2D eigenvalue weighted by Crippen LogP contribution is -2.09. The molecule has 0 spiro atoms. The quantitative estimate of drug-likeness (QED) is 0.449. The molecule has 0 unspecified atom stereocenters. The molecule has 0 saturated carbocycles.